The number of amides is 1. The van der Waals surface area contributed by atoms with Crippen molar-refractivity contribution in [3.8, 4) is 0 Å². The van der Waals surface area contributed by atoms with Crippen molar-refractivity contribution in [2.24, 2.45) is 16.7 Å². The number of benzene rings is 1. The molecule has 1 aromatic heterocycles. The highest BCUT2D eigenvalue weighted by Gasteiger charge is 2.61. The first-order chi connectivity index (χ1) is 16.4. The third-order valence-electron chi connectivity index (χ3n) is 9.25. The molecule has 2 aliphatic carbocycles. The van der Waals surface area contributed by atoms with Crippen LogP contribution in [0.4, 0.5) is 0 Å². The fourth-order valence-electron chi connectivity index (χ4n) is 6.57. The summed E-state index contributed by atoms with van der Waals surface area (Å²) in [5.41, 5.74) is 1.73. The third-order valence-corrected chi connectivity index (χ3v) is 10.2. The Labute approximate surface area is 208 Å². The van der Waals surface area contributed by atoms with Crippen LogP contribution in [0.15, 0.2) is 35.5 Å². The van der Waals surface area contributed by atoms with Crippen molar-refractivity contribution < 1.29 is 4.79 Å². The van der Waals surface area contributed by atoms with Gasteiger partial charge in [0.2, 0.25) is 5.91 Å². The number of likely N-dealkylation sites (tertiary alicyclic amines) is 1. The number of nitrogens with zero attached hydrogens (tertiary/aromatic N) is 4. The fraction of sp³-hybridized carbons (Fsp3) is 0.667. The molecule has 0 unspecified atom stereocenters. The first-order valence-electron chi connectivity index (χ1n) is 13.0. The Morgan fingerprint density at radius 3 is 2.53 bits per heavy atom. The van der Waals surface area contributed by atoms with Crippen molar-refractivity contribution in [1.82, 2.24) is 25.0 Å². The summed E-state index contributed by atoms with van der Waals surface area (Å²) < 4.78 is 2.21. The van der Waals surface area contributed by atoms with Gasteiger partial charge in [-0.2, -0.15) is 0 Å². The molecule has 1 aromatic carbocycles. The zero-order valence-corrected chi connectivity index (χ0v) is 21.7. The minimum Gasteiger partial charge on any atom is -0.352 e. The molecule has 1 N–H and O–H groups in total. The molecule has 1 amide bonds. The van der Waals surface area contributed by atoms with E-state index in [9.17, 15) is 4.79 Å². The Bertz CT molecular complexity index is 1000. The largest absolute Gasteiger partial charge is 0.352 e. The predicted octanol–water partition coefficient (Wildman–Crippen LogP) is 4.74. The first-order valence-corrected chi connectivity index (χ1v) is 14.0. The van der Waals surface area contributed by atoms with Crippen LogP contribution in [0, 0.1) is 16.7 Å². The third kappa shape index (κ3) is 4.53. The molecule has 1 saturated heterocycles. The minimum atomic E-state index is 0.117. The lowest BCUT2D eigenvalue weighted by Crippen LogP contribution is -2.47. The van der Waals surface area contributed by atoms with Crippen LogP contribution >= 0.6 is 11.8 Å². The van der Waals surface area contributed by atoms with E-state index < -0.39 is 0 Å². The number of rotatable bonds is 8. The topological polar surface area (TPSA) is 63.1 Å². The maximum atomic E-state index is 13.0. The van der Waals surface area contributed by atoms with Crippen LogP contribution < -0.4 is 5.32 Å². The maximum Gasteiger partial charge on any atom is 0.230 e. The number of aromatic nitrogens is 3. The number of piperidine rings is 1. The molecule has 34 heavy (non-hydrogen) atoms. The molecule has 6 nitrogen and oxygen atoms in total. The van der Waals surface area contributed by atoms with Gasteiger partial charge < -0.3 is 9.88 Å². The van der Waals surface area contributed by atoms with Gasteiger partial charge in [-0.3, -0.25) is 9.69 Å². The van der Waals surface area contributed by atoms with E-state index in [1.807, 2.05) is 6.07 Å². The number of hydrogen-bond acceptors (Lipinski definition) is 5. The number of carbonyl (C=O) groups is 1. The van der Waals surface area contributed by atoms with Crippen molar-refractivity contribution in [2.75, 3.05) is 18.8 Å². The summed E-state index contributed by atoms with van der Waals surface area (Å²) in [6, 6.07) is 10.8. The van der Waals surface area contributed by atoms with E-state index >= 15 is 0 Å². The molecule has 2 bridgehead atoms. The minimum absolute atomic E-state index is 0.117. The van der Waals surface area contributed by atoms with Gasteiger partial charge in [0, 0.05) is 6.04 Å². The van der Waals surface area contributed by atoms with Crippen LogP contribution in [0.5, 0.6) is 0 Å². The van der Waals surface area contributed by atoms with Crippen molar-refractivity contribution in [1.29, 1.82) is 0 Å². The summed E-state index contributed by atoms with van der Waals surface area (Å²) >= 11 is 1.52. The average molecular weight is 482 g/mol. The van der Waals surface area contributed by atoms with Crippen LogP contribution in [-0.4, -0.2) is 50.5 Å². The number of nitrogens with one attached hydrogen (secondary N) is 1. The Hall–Kier alpha value is -1.86. The zero-order valence-electron chi connectivity index (χ0n) is 20.9. The summed E-state index contributed by atoms with van der Waals surface area (Å²) in [6.07, 6.45) is 7.46. The van der Waals surface area contributed by atoms with Gasteiger partial charge in [-0.25, -0.2) is 0 Å². The highest BCUT2D eigenvalue weighted by atomic mass is 32.2. The van der Waals surface area contributed by atoms with E-state index in [0.717, 1.165) is 49.5 Å². The molecule has 7 heteroatoms. The zero-order chi connectivity index (χ0) is 23.8. The lowest BCUT2D eigenvalue weighted by atomic mass is 9.69. The molecule has 2 aromatic rings. The standard InChI is InChI=1S/C27H39N5OS/c1-26(2)21-12-13-27(26,3)22(16-21)28-24(33)19-34-25-30-29-23(18-31-14-8-5-9-15-31)32(25)17-20-10-6-4-7-11-20/h4,6-7,10-11,21-22H,5,8-9,12-19H2,1-3H3,(H,28,33)/t21-,22-,27-/m0/s1. The number of thioether (sulfide) groups is 1. The van der Waals surface area contributed by atoms with Crippen LogP contribution in [-0.2, 0) is 17.9 Å². The second-order valence-electron chi connectivity index (χ2n) is 11.3. The van der Waals surface area contributed by atoms with Gasteiger partial charge >= 0.3 is 0 Å². The first kappa shape index (κ1) is 23.9. The summed E-state index contributed by atoms with van der Waals surface area (Å²) in [6.45, 7) is 11.0. The van der Waals surface area contributed by atoms with Crippen LogP contribution in [0.3, 0.4) is 0 Å². The van der Waals surface area contributed by atoms with Crippen molar-refractivity contribution in [3.05, 3.63) is 41.7 Å². The van der Waals surface area contributed by atoms with Crippen LogP contribution in [0.1, 0.15) is 70.7 Å². The van der Waals surface area contributed by atoms with Gasteiger partial charge in [-0.05, 0) is 67.5 Å². The molecule has 3 aliphatic rings. The number of carbonyl (C=O) groups excluding carboxylic acids is 1. The molecular weight excluding hydrogens is 442 g/mol. The molecule has 1 aliphatic heterocycles. The summed E-state index contributed by atoms with van der Waals surface area (Å²) in [4.78, 5) is 15.5. The van der Waals surface area contributed by atoms with Gasteiger partial charge in [-0.1, -0.05) is 69.3 Å². The molecule has 0 spiro atoms. The van der Waals surface area contributed by atoms with Crippen molar-refractivity contribution in [2.45, 2.75) is 83.6 Å². The SMILES string of the molecule is CC1(C)[C@H]2CC[C@@]1(C)[C@@H](NC(=O)CSc1nnc(CN3CCCCC3)n1Cc1ccccc1)C2. The van der Waals surface area contributed by atoms with Gasteiger partial charge in [0.15, 0.2) is 5.16 Å². The van der Waals surface area contributed by atoms with E-state index in [4.69, 9.17) is 0 Å². The van der Waals surface area contributed by atoms with E-state index in [1.54, 1.807) is 0 Å². The maximum absolute atomic E-state index is 13.0. The molecule has 2 heterocycles. The summed E-state index contributed by atoms with van der Waals surface area (Å²) in [5.74, 6) is 2.22. The van der Waals surface area contributed by atoms with Gasteiger partial charge in [0.25, 0.3) is 0 Å². The normalized spacial score (nSPS) is 28.3. The fourth-order valence-corrected chi connectivity index (χ4v) is 7.34. The van der Waals surface area contributed by atoms with E-state index in [-0.39, 0.29) is 17.4 Å². The van der Waals surface area contributed by atoms with Crippen molar-refractivity contribution >= 4 is 17.7 Å². The monoisotopic (exact) mass is 481 g/mol. The van der Waals surface area contributed by atoms with Crippen molar-refractivity contribution in [3.63, 3.8) is 0 Å². The van der Waals surface area contributed by atoms with Gasteiger partial charge in [0.05, 0.1) is 18.8 Å². The molecular formula is C27H39N5OS. The Morgan fingerprint density at radius 1 is 1.09 bits per heavy atom. The Balaban J connectivity index is 1.26. The second-order valence-corrected chi connectivity index (χ2v) is 12.3. The highest BCUT2D eigenvalue weighted by molar-refractivity contribution is 7.99. The molecule has 3 fully saturated rings. The van der Waals surface area contributed by atoms with Gasteiger partial charge in [0.1, 0.15) is 5.82 Å². The average Bonchev–Trinajstić information content (AvgIpc) is 3.37. The lowest BCUT2D eigenvalue weighted by molar-refractivity contribution is -0.120. The molecule has 184 valence electrons. The summed E-state index contributed by atoms with van der Waals surface area (Å²) in [7, 11) is 0. The van der Waals surface area contributed by atoms with E-state index in [1.165, 1.54) is 49.4 Å². The van der Waals surface area contributed by atoms with Crippen LogP contribution in [0.25, 0.3) is 0 Å². The smallest absolute Gasteiger partial charge is 0.230 e. The van der Waals surface area contributed by atoms with E-state index in [0.29, 0.717) is 11.2 Å². The van der Waals surface area contributed by atoms with E-state index in [2.05, 4.69) is 70.0 Å². The number of hydrogen-bond donors (Lipinski definition) is 1. The number of fused-ring (bicyclic) bond motifs is 2. The Kier molecular flexibility index (Phi) is 6.77. The predicted molar refractivity (Wildman–Crippen MR) is 137 cm³/mol. The molecule has 2 saturated carbocycles. The summed E-state index contributed by atoms with van der Waals surface area (Å²) in [5, 5.41) is 13.3. The van der Waals surface area contributed by atoms with Gasteiger partial charge in [-0.15, -0.1) is 10.2 Å². The molecule has 0 radical (unpaired) electrons. The lowest BCUT2D eigenvalue weighted by Gasteiger charge is -2.39. The molecule has 5 rings (SSSR count). The Morgan fingerprint density at radius 2 is 1.85 bits per heavy atom. The second kappa shape index (κ2) is 9.65. The van der Waals surface area contributed by atoms with Crippen LogP contribution in [0.2, 0.25) is 0 Å². The molecule has 3 atom stereocenters. The highest BCUT2D eigenvalue weighted by Crippen LogP contribution is 2.65. The quantitative estimate of drug-likeness (QED) is 0.552.